The number of benzene rings is 1. The normalized spacial score (nSPS) is 15.2. The molecule has 0 atom stereocenters. The summed E-state index contributed by atoms with van der Waals surface area (Å²) >= 11 is 0. The van der Waals surface area contributed by atoms with Crippen molar-refractivity contribution in [3.8, 4) is 0 Å². The summed E-state index contributed by atoms with van der Waals surface area (Å²) < 4.78 is 35.6. The van der Waals surface area contributed by atoms with Crippen molar-refractivity contribution in [1.82, 2.24) is 9.62 Å². The Balaban J connectivity index is 1.72. The first kappa shape index (κ1) is 23.6. The van der Waals surface area contributed by atoms with E-state index in [2.05, 4.69) is 4.72 Å². The first-order valence-electron chi connectivity index (χ1n) is 9.46. The Morgan fingerprint density at radius 2 is 1.80 bits per heavy atom. The Hall–Kier alpha value is -2.72. The van der Waals surface area contributed by atoms with Crippen LogP contribution in [0, 0.1) is 12.8 Å². The fourth-order valence-corrected chi connectivity index (χ4v) is 3.62. The Morgan fingerprint density at radius 1 is 1.17 bits per heavy atom. The van der Waals surface area contributed by atoms with Crippen molar-refractivity contribution in [3.05, 3.63) is 40.8 Å². The van der Waals surface area contributed by atoms with Gasteiger partial charge < -0.3 is 14.4 Å². The zero-order valence-corrected chi connectivity index (χ0v) is 17.8. The van der Waals surface area contributed by atoms with E-state index in [1.54, 1.807) is 12.1 Å². The van der Waals surface area contributed by atoms with Crippen molar-refractivity contribution < 1.29 is 32.3 Å². The highest BCUT2D eigenvalue weighted by Gasteiger charge is 2.28. The molecule has 1 aliphatic heterocycles. The molecule has 1 heterocycles. The summed E-state index contributed by atoms with van der Waals surface area (Å²) in [6.45, 7) is 1.59. The molecule has 0 bridgehead atoms. The van der Waals surface area contributed by atoms with Crippen molar-refractivity contribution in [2.75, 3.05) is 33.4 Å². The lowest BCUT2D eigenvalue weighted by molar-refractivity contribution is -0.153. The number of amides is 1. The highest BCUT2D eigenvalue weighted by Crippen LogP contribution is 2.18. The maximum Gasteiger partial charge on any atom is 0.321 e. The predicted molar refractivity (Wildman–Crippen MR) is 109 cm³/mol. The predicted octanol–water partition coefficient (Wildman–Crippen LogP) is 0.840. The van der Waals surface area contributed by atoms with Crippen LogP contribution in [0.2, 0.25) is 0 Å². The van der Waals surface area contributed by atoms with E-state index in [4.69, 9.17) is 9.47 Å². The van der Waals surface area contributed by atoms with Gasteiger partial charge in [0.05, 0.1) is 13.0 Å². The lowest BCUT2D eigenvalue weighted by Crippen LogP contribution is -2.42. The number of ether oxygens (including phenoxy) is 2. The third kappa shape index (κ3) is 7.60. The molecule has 1 N–H and O–H groups in total. The molecule has 0 spiro atoms. The Bertz CT molecular complexity index is 886. The summed E-state index contributed by atoms with van der Waals surface area (Å²) in [5.74, 6) is -1.78. The summed E-state index contributed by atoms with van der Waals surface area (Å²) in [7, 11) is -2.51. The molecule has 0 aromatic heterocycles. The molecule has 164 valence electrons. The minimum absolute atomic E-state index is 0.232. The topological polar surface area (TPSA) is 119 Å². The molecule has 10 heteroatoms. The first-order valence-corrected chi connectivity index (χ1v) is 11.0. The van der Waals surface area contributed by atoms with Crippen LogP contribution in [-0.2, 0) is 33.9 Å². The van der Waals surface area contributed by atoms with Crippen molar-refractivity contribution in [1.29, 1.82) is 0 Å². The van der Waals surface area contributed by atoms with Gasteiger partial charge in [0, 0.05) is 18.5 Å². The average molecular weight is 439 g/mol. The fourth-order valence-electron chi connectivity index (χ4n) is 2.87. The van der Waals surface area contributed by atoms with Crippen LogP contribution in [0.25, 0.3) is 6.08 Å². The molecule has 1 saturated heterocycles. The van der Waals surface area contributed by atoms with Crippen LogP contribution in [-0.4, -0.2) is 64.5 Å². The van der Waals surface area contributed by atoms with Gasteiger partial charge in [0.1, 0.15) is 6.54 Å². The van der Waals surface area contributed by atoms with Crippen molar-refractivity contribution in [2.45, 2.75) is 19.8 Å². The summed E-state index contributed by atoms with van der Waals surface area (Å²) in [6.07, 6.45) is 2.38. The van der Waals surface area contributed by atoms with Crippen LogP contribution < -0.4 is 4.72 Å². The van der Waals surface area contributed by atoms with Crippen molar-refractivity contribution in [2.24, 2.45) is 5.92 Å². The molecule has 0 saturated carbocycles. The van der Waals surface area contributed by atoms with E-state index >= 15 is 0 Å². The zero-order valence-electron chi connectivity index (χ0n) is 17.0. The molecule has 1 aromatic carbocycles. The largest absolute Gasteiger partial charge is 0.469 e. The molecular weight excluding hydrogens is 412 g/mol. The Labute approximate surface area is 176 Å². The molecule has 9 nitrogen and oxygen atoms in total. The summed E-state index contributed by atoms with van der Waals surface area (Å²) in [5.41, 5.74) is 1.76. The minimum atomic E-state index is -3.83. The maximum atomic E-state index is 12.1. The van der Waals surface area contributed by atoms with Gasteiger partial charge in [-0.15, -0.1) is 0 Å². The van der Waals surface area contributed by atoms with Crippen LogP contribution in [0.5, 0.6) is 0 Å². The highest BCUT2D eigenvalue weighted by molar-refractivity contribution is 7.92. The van der Waals surface area contributed by atoms with Gasteiger partial charge >= 0.3 is 11.9 Å². The Morgan fingerprint density at radius 3 is 2.40 bits per heavy atom. The average Bonchev–Trinajstić information content (AvgIpc) is 2.75. The Kier molecular flexibility index (Phi) is 8.55. The third-order valence-electron chi connectivity index (χ3n) is 4.67. The van der Waals surface area contributed by atoms with Gasteiger partial charge in [0.25, 0.3) is 5.91 Å². The number of esters is 2. The number of likely N-dealkylation sites (tertiary alicyclic amines) is 1. The smallest absolute Gasteiger partial charge is 0.321 e. The second kappa shape index (κ2) is 10.9. The van der Waals surface area contributed by atoms with E-state index < -0.39 is 35.1 Å². The lowest BCUT2D eigenvalue weighted by atomic mass is 9.97. The van der Waals surface area contributed by atoms with Crippen molar-refractivity contribution >= 4 is 33.9 Å². The van der Waals surface area contributed by atoms with Gasteiger partial charge in [0.15, 0.2) is 6.61 Å². The summed E-state index contributed by atoms with van der Waals surface area (Å²) in [6, 6.07) is 7.25. The van der Waals surface area contributed by atoms with Gasteiger partial charge in [-0.25, -0.2) is 13.1 Å². The standard InChI is InChI=1S/C20H26N2O7S/c1-15-3-5-16(6-4-15)9-12-30(26,27)21-13-19(24)29-14-18(23)22-10-7-17(8-11-22)20(25)28-2/h3-6,9,12,17,21H,7-8,10-11,13-14H2,1-2H3. The molecular formula is C20H26N2O7S. The number of sulfonamides is 1. The third-order valence-corrected chi connectivity index (χ3v) is 5.71. The summed E-state index contributed by atoms with van der Waals surface area (Å²) in [4.78, 5) is 36.9. The number of hydrogen-bond acceptors (Lipinski definition) is 7. The highest BCUT2D eigenvalue weighted by atomic mass is 32.2. The minimum Gasteiger partial charge on any atom is -0.469 e. The number of nitrogens with zero attached hydrogens (tertiary/aromatic N) is 1. The number of aryl methyl sites for hydroxylation is 1. The van der Waals surface area contributed by atoms with Gasteiger partial charge in [-0.1, -0.05) is 29.8 Å². The molecule has 30 heavy (non-hydrogen) atoms. The van der Waals surface area contributed by atoms with E-state index in [0.29, 0.717) is 31.5 Å². The molecule has 1 fully saturated rings. The van der Waals surface area contributed by atoms with E-state index in [1.807, 2.05) is 19.1 Å². The molecule has 0 unspecified atom stereocenters. The molecule has 2 rings (SSSR count). The number of carbonyl (C=O) groups excluding carboxylic acids is 3. The first-order chi connectivity index (χ1) is 14.2. The second-order valence-electron chi connectivity index (χ2n) is 6.92. The molecule has 0 radical (unpaired) electrons. The van der Waals surface area contributed by atoms with E-state index in [-0.39, 0.29) is 11.9 Å². The van der Waals surface area contributed by atoms with Gasteiger partial charge in [0.2, 0.25) is 10.0 Å². The van der Waals surface area contributed by atoms with Crippen LogP contribution >= 0.6 is 0 Å². The number of methoxy groups -OCH3 is 1. The lowest BCUT2D eigenvalue weighted by Gasteiger charge is -2.30. The maximum absolute atomic E-state index is 12.1. The van der Waals surface area contributed by atoms with Crippen LogP contribution in [0.3, 0.4) is 0 Å². The van der Waals surface area contributed by atoms with Crippen LogP contribution in [0.1, 0.15) is 24.0 Å². The fraction of sp³-hybridized carbons (Fsp3) is 0.450. The molecule has 1 amide bonds. The van der Waals surface area contributed by atoms with Crippen LogP contribution in [0.4, 0.5) is 0 Å². The van der Waals surface area contributed by atoms with Crippen LogP contribution in [0.15, 0.2) is 29.7 Å². The second-order valence-corrected chi connectivity index (χ2v) is 8.57. The monoisotopic (exact) mass is 438 g/mol. The number of carbonyl (C=O) groups is 3. The summed E-state index contributed by atoms with van der Waals surface area (Å²) in [5, 5.41) is 0.960. The quantitative estimate of drug-likeness (QED) is 0.597. The number of nitrogens with one attached hydrogen (secondary N) is 1. The SMILES string of the molecule is COC(=O)C1CCN(C(=O)COC(=O)CNS(=O)(=O)C=Cc2ccc(C)cc2)CC1. The molecule has 0 aliphatic carbocycles. The zero-order chi connectivity index (χ0) is 22.1. The van der Waals surface area contributed by atoms with E-state index in [1.165, 1.54) is 18.1 Å². The number of hydrogen-bond donors (Lipinski definition) is 1. The van der Waals surface area contributed by atoms with Gasteiger partial charge in [-0.3, -0.25) is 14.4 Å². The van der Waals surface area contributed by atoms with E-state index in [9.17, 15) is 22.8 Å². The van der Waals surface area contributed by atoms with Gasteiger partial charge in [-0.05, 0) is 31.4 Å². The number of rotatable bonds is 8. The van der Waals surface area contributed by atoms with Gasteiger partial charge in [-0.2, -0.15) is 0 Å². The number of piperidine rings is 1. The molecule has 1 aliphatic rings. The molecule has 1 aromatic rings. The van der Waals surface area contributed by atoms with Crippen molar-refractivity contribution in [3.63, 3.8) is 0 Å². The van der Waals surface area contributed by atoms with E-state index in [0.717, 1.165) is 11.0 Å².